The summed E-state index contributed by atoms with van der Waals surface area (Å²) < 4.78 is 30.0. The predicted molar refractivity (Wildman–Crippen MR) is 216 cm³/mol. The van der Waals surface area contributed by atoms with Crippen molar-refractivity contribution >= 4 is 23.4 Å². The number of ketones is 2. The Hall–Kier alpha value is -2.74. The number of aliphatic hydroxyl groups is 2. The van der Waals surface area contributed by atoms with Gasteiger partial charge in [-0.3, -0.25) is 14.4 Å². The van der Waals surface area contributed by atoms with E-state index in [9.17, 15) is 29.4 Å². The van der Waals surface area contributed by atoms with Gasteiger partial charge in [0.15, 0.2) is 0 Å². The van der Waals surface area contributed by atoms with Crippen LogP contribution in [-0.2, 0) is 42.9 Å². The summed E-state index contributed by atoms with van der Waals surface area (Å²) in [6, 6.07) is -1.06. The summed E-state index contributed by atoms with van der Waals surface area (Å²) in [4.78, 5) is 58.2. The van der Waals surface area contributed by atoms with Crippen LogP contribution >= 0.6 is 0 Å². The molecule has 4 rings (SSSR count). The van der Waals surface area contributed by atoms with Crippen LogP contribution < -0.4 is 0 Å². The van der Waals surface area contributed by atoms with Crippen LogP contribution in [-0.4, -0.2) is 115 Å². The van der Waals surface area contributed by atoms with E-state index in [0.717, 1.165) is 17.6 Å². The van der Waals surface area contributed by atoms with Crippen molar-refractivity contribution in [1.82, 2.24) is 4.90 Å². The molecule has 57 heavy (non-hydrogen) atoms. The first-order valence-corrected chi connectivity index (χ1v) is 21.2. The number of nitrogens with zero attached hydrogens (tertiary/aromatic N) is 1. The number of esters is 1. The minimum absolute atomic E-state index is 0.0593. The van der Waals surface area contributed by atoms with Gasteiger partial charge >= 0.3 is 5.97 Å². The van der Waals surface area contributed by atoms with Gasteiger partial charge in [0.1, 0.15) is 24.0 Å². The summed E-state index contributed by atoms with van der Waals surface area (Å²) in [6.45, 7) is 15.7. The zero-order chi connectivity index (χ0) is 42.2. The number of methoxy groups -OCH3 is 3. The first-order chi connectivity index (χ1) is 27.0. The minimum atomic E-state index is -2.48. The van der Waals surface area contributed by atoms with Crippen LogP contribution in [0.15, 0.2) is 36.0 Å². The Bertz CT molecular complexity index is 1480. The first kappa shape index (κ1) is 46.9. The number of fused-ring (bicyclic) bond motifs is 3. The number of cyclic esters (lactones) is 1. The average molecular weight is 802 g/mol. The molecular weight excluding hydrogens is 730 g/mol. The maximum atomic E-state index is 14.4. The molecule has 322 valence electrons. The van der Waals surface area contributed by atoms with Gasteiger partial charge in [-0.1, -0.05) is 51.5 Å². The molecule has 3 fully saturated rings. The number of allylic oxidation sites excluding steroid dienone is 4. The third kappa shape index (κ3) is 11.3. The Morgan fingerprint density at radius 2 is 1.61 bits per heavy atom. The Morgan fingerprint density at radius 1 is 0.947 bits per heavy atom. The number of hydrogen-bond donors (Lipinski definition) is 2. The van der Waals surface area contributed by atoms with Crippen LogP contribution in [0.3, 0.4) is 0 Å². The van der Waals surface area contributed by atoms with Crippen LogP contribution in [0, 0.1) is 35.5 Å². The molecule has 12 nitrogen and oxygen atoms in total. The van der Waals surface area contributed by atoms with Gasteiger partial charge < -0.3 is 38.8 Å². The molecule has 2 N–H and O–H groups in total. The quantitative estimate of drug-likeness (QED) is 0.179. The third-order valence-electron chi connectivity index (χ3n) is 13.3. The Labute approximate surface area is 340 Å². The third-order valence-corrected chi connectivity index (χ3v) is 13.3. The maximum absolute atomic E-state index is 14.4. The summed E-state index contributed by atoms with van der Waals surface area (Å²) in [5.41, 5.74) is 1.85. The summed E-state index contributed by atoms with van der Waals surface area (Å²) in [7, 11) is 4.69. The van der Waals surface area contributed by atoms with Gasteiger partial charge in [0.2, 0.25) is 5.79 Å². The number of rotatable bonds is 7. The molecule has 12 heteroatoms. The highest BCUT2D eigenvalue weighted by Gasteiger charge is 2.56. The maximum Gasteiger partial charge on any atom is 0.329 e. The van der Waals surface area contributed by atoms with Crippen LogP contribution in [0.5, 0.6) is 0 Å². The zero-order valence-corrected chi connectivity index (χ0v) is 35.9. The molecule has 0 aromatic heterocycles. The van der Waals surface area contributed by atoms with E-state index in [1.165, 1.54) is 4.90 Å². The fraction of sp³-hybridized carbons (Fsp3) is 0.778. The molecule has 3 heterocycles. The Morgan fingerprint density at radius 3 is 2.26 bits per heavy atom. The normalized spacial score (nSPS) is 41.0. The molecule has 14 atom stereocenters. The molecule has 0 spiro atoms. The van der Waals surface area contributed by atoms with E-state index in [-0.39, 0.29) is 67.3 Å². The smallest absolute Gasteiger partial charge is 0.329 e. The van der Waals surface area contributed by atoms with Crippen molar-refractivity contribution in [3.05, 3.63) is 36.0 Å². The van der Waals surface area contributed by atoms with Gasteiger partial charge in [-0.25, -0.2) is 4.79 Å². The lowest BCUT2D eigenvalue weighted by atomic mass is 9.79. The second-order valence-electron chi connectivity index (χ2n) is 17.7. The van der Waals surface area contributed by atoms with Crippen molar-refractivity contribution in [3.8, 4) is 0 Å². The molecule has 0 aromatic carbocycles. The predicted octanol–water partition coefficient (Wildman–Crippen LogP) is 5.91. The Balaban J connectivity index is 1.78. The molecular formula is C45H71NO11. The van der Waals surface area contributed by atoms with Gasteiger partial charge in [-0.15, -0.1) is 6.58 Å². The largest absolute Gasteiger partial charge is 0.456 e. The van der Waals surface area contributed by atoms with E-state index in [2.05, 4.69) is 19.6 Å². The van der Waals surface area contributed by atoms with Crippen molar-refractivity contribution < 1.29 is 53.1 Å². The van der Waals surface area contributed by atoms with Gasteiger partial charge in [-0.2, -0.15) is 0 Å². The van der Waals surface area contributed by atoms with E-state index in [4.69, 9.17) is 23.7 Å². The first-order valence-electron chi connectivity index (χ1n) is 21.2. The van der Waals surface area contributed by atoms with Crippen LogP contribution in [0.1, 0.15) is 112 Å². The second kappa shape index (κ2) is 21.0. The highest BCUT2D eigenvalue weighted by Crippen LogP contribution is 2.39. The van der Waals surface area contributed by atoms with E-state index in [0.29, 0.717) is 44.9 Å². The molecule has 1 amide bonds. The molecule has 8 unspecified atom stereocenters. The van der Waals surface area contributed by atoms with E-state index in [1.54, 1.807) is 34.3 Å². The number of amides is 1. The molecule has 4 aliphatic rings. The van der Waals surface area contributed by atoms with Gasteiger partial charge in [0.05, 0.1) is 24.4 Å². The fourth-order valence-corrected chi connectivity index (χ4v) is 9.63. The minimum Gasteiger partial charge on any atom is -0.456 e. The molecule has 0 radical (unpaired) electrons. The van der Waals surface area contributed by atoms with Crippen LogP contribution in [0.4, 0.5) is 0 Å². The summed E-state index contributed by atoms with van der Waals surface area (Å²) in [5.74, 6) is -6.71. The topological polar surface area (TPSA) is 158 Å². The molecule has 0 aromatic rings. The van der Waals surface area contributed by atoms with Gasteiger partial charge in [-0.05, 0) is 101 Å². The molecule has 3 aliphatic heterocycles. The molecule has 2 bridgehead atoms. The number of hydrogen-bond acceptors (Lipinski definition) is 11. The van der Waals surface area contributed by atoms with Crippen molar-refractivity contribution in [2.24, 2.45) is 35.5 Å². The summed E-state index contributed by atoms with van der Waals surface area (Å²) >= 11 is 0. The number of piperidine rings is 1. The number of carbonyl (C=O) groups excluding carboxylic acids is 4. The lowest BCUT2D eigenvalue weighted by Crippen LogP contribution is -2.64. The van der Waals surface area contributed by atoms with Crippen LogP contribution in [0.25, 0.3) is 0 Å². The second-order valence-corrected chi connectivity index (χ2v) is 17.7. The summed E-state index contributed by atoms with van der Waals surface area (Å²) in [6.07, 6.45) is 7.86. The zero-order valence-electron chi connectivity index (χ0n) is 35.9. The van der Waals surface area contributed by atoms with Gasteiger partial charge in [0, 0.05) is 52.0 Å². The lowest BCUT2D eigenvalue weighted by molar-refractivity contribution is -0.302. The van der Waals surface area contributed by atoms with E-state index >= 15 is 0 Å². The molecule has 1 aliphatic carbocycles. The Kier molecular flexibility index (Phi) is 17.3. The fourth-order valence-electron chi connectivity index (χ4n) is 9.63. The van der Waals surface area contributed by atoms with Crippen molar-refractivity contribution in [2.75, 3.05) is 27.9 Å². The van der Waals surface area contributed by atoms with Gasteiger partial charge in [0.25, 0.3) is 11.7 Å². The number of aliphatic hydroxyl groups excluding tert-OH is 1. The van der Waals surface area contributed by atoms with Crippen molar-refractivity contribution in [3.63, 3.8) is 0 Å². The molecule has 2 saturated heterocycles. The average Bonchev–Trinajstić information content (AvgIpc) is 3.18. The van der Waals surface area contributed by atoms with E-state index < -0.39 is 65.9 Å². The molecule has 1 saturated carbocycles. The number of Topliss-reactive ketones (excluding diaryl/α,β-unsaturated/α-hetero) is 2. The lowest BCUT2D eigenvalue weighted by Gasteiger charge is -2.47. The number of carbonyl (C=O) groups is 4. The highest BCUT2D eigenvalue weighted by atomic mass is 16.7. The number of ether oxygens (including phenoxy) is 5. The van der Waals surface area contributed by atoms with E-state index in [1.807, 2.05) is 33.8 Å². The SMILES string of the molecule is C=CCC1/C=C(\C)CC(C)CC(OC)C2O[C@@](O)(C(=O)C(=O)N3CCCC[C@H]3C(=O)OC(/C(C)=C/[C@@H]3CCC(O)[C@H](OC)C3)C(C)C(C)CC1=O)[C@H](C)C[C@@H]2OC. The van der Waals surface area contributed by atoms with Crippen LogP contribution in [0.2, 0.25) is 0 Å². The monoisotopic (exact) mass is 802 g/mol. The highest BCUT2D eigenvalue weighted by molar-refractivity contribution is 6.39. The summed E-state index contributed by atoms with van der Waals surface area (Å²) in [5, 5.41) is 22.5. The standard InChI is InChI=1S/C45H71NO11/c1-11-14-33-20-26(2)19-27(3)21-38(54-9)41-39(55-10)24-30(6)45(52,57-41)42(49)43(50)46-18-13-12-15-34(46)44(51)56-40(31(7)28(4)23-36(33)48)29(5)22-32-16-17-35(47)37(25-32)53-8/h11,20,22,27-28,30-35,37-41,47,52H,1,12-19,21,23-25H2,2-10H3/b26-20+,29-22+/t27?,28?,30-,31?,32+,33?,34+,35?,37-,38?,39+,40?,41?,45-/m1/s1. The van der Waals surface area contributed by atoms with Crippen molar-refractivity contribution in [2.45, 2.75) is 161 Å². The van der Waals surface area contributed by atoms with Crippen molar-refractivity contribution in [1.29, 1.82) is 0 Å².